The number of hydrogen-bond acceptors (Lipinski definition) is 2. The van der Waals surface area contributed by atoms with E-state index in [4.69, 9.17) is 8.83 Å². The van der Waals surface area contributed by atoms with Crippen LogP contribution in [0.15, 0.2) is 215 Å². The van der Waals surface area contributed by atoms with Crippen molar-refractivity contribution in [2.75, 3.05) is 0 Å². The van der Waals surface area contributed by atoms with Gasteiger partial charge in [-0.25, -0.2) is 0 Å². The number of fused-ring (bicyclic) bond motifs is 6. The van der Waals surface area contributed by atoms with E-state index in [0.717, 1.165) is 71.7 Å². The van der Waals surface area contributed by atoms with Gasteiger partial charge in [0.2, 0.25) is 0 Å². The van der Waals surface area contributed by atoms with Gasteiger partial charge in [-0.05, 0) is 95.0 Å². The van der Waals surface area contributed by atoms with Gasteiger partial charge in [0.15, 0.2) is 0 Å². The van der Waals surface area contributed by atoms with Gasteiger partial charge in [-0.1, -0.05) is 188 Å². The summed E-state index contributed by atoms with van der Waals surface area (Å²) in [5, 5.41) is 12.0. The summed E-state index contributed by atoms with van der Waals surface area (Å²) in [7, 11) is 0. The van der Waals surface area contributed by atoms with Crippen LogP contribution in [0, 0.1) is 0 Å². The first kappa shape index (κ1) is 33.1. The van der Waals surface area contributed by atoms with E-state index in [2.05, 4.69) is 194 Å². The largest absolute Gasteiger partial charge is 0.455 e. The van der Waals surface area contributed by atoms with Gasteiger partial charge in [0, 0.05) is 32.7 Å². The minimum absolute atomic E-state index is 0.891. The molecule has 0 atom stereocenters. The van der Waals surface area contributed by atoms with Crippen LogP contribution >= 0.6 is 0 Å². The SMILES string of the molecule is c1ccc(-c2ccccc2-c2ccc3ccc4c(-c5cc(-c6cccc7c6oc6ccccc67)ccc5-c5cccc6c5oc5ccccc56)ccc5ccc2c3c54)cc1. The molecule has 11 aromatic carbocycles. The molecule has 0 fully saturated rings. The summed E-state index contributed by atoms with van der Waals surface area (Å²) in [6, 6.07) is 74.6. The van der Waals surface area contributed by atoms with Gasteiger partial charge in [-0.3, -0.25) is 0 Å². The maximum atomic E-state index is 6.70. The van der Waals surface area contributed by atoms with Crippen molar-refractivity contribution in [2.24, 2.45) is 0 Å². The molecule has 0 bridgehead atoms. The van der Waals surface area contributed by atoms with E-state index in [9.17, 15) is 0 Å². The highest BCUT2D eigenvalue weighted by atomic mass is 16.3. The van der Waals surface area contributed by atoms with Crippen LogP contribution in [0.2, 0.25) is 0 Å². The average molecular weight is 763 g/mol. The second-order valence-electron chi connectivity index (χ2n) is 15.9. The van der Waals surface area contributed by atoms with Crippen LogP contribution in [0.3, 0.4) is 0 Å². The van der Waals surface area contributed by atoms with E-state index in [1.54, 1.807) is 0 Å². The Kier molecular flexibility index (Phi) is 7.05. The Morgan fingerprint density at radius 2 is 0.700 bits per heavy atom. The fourth-order valence-corrected chi connectivity index (χ4v) is 9.96. The lowest BCUT2D eigenvalue weighted by atomic mass is 9.84. The summed E-state index contributed by atoms with van der Waals surface area (Å²) < 4.78 is 13.3. The summed E-state index contributed by atoms with van der Waals surface area (Å²) in [6.45, 7) is 0. The van der Waals surface area contributed by atoms with Crippen LogP contribution in [0.25, 0.3) is 132 Å². The van der Waals surface area contributed by atoms with Crippen LogP contribution in [-0.4, -0.2) is 0 Å². The molecule has 0 aliphatic carbocycles. The molecule has 60 heavy (non-hydrogen) atoms. The molecular formula is C58H34O2. The second-order valence-corrected chi connectivity index (χ2v) is 15.9. The van der Waals surface area contributed by atoms with Gasteiger partial charge in [-0.15, -0.1) is 0 Å². The molecular weight excluding hydrogens is 729 g/mol. The van der Waals surface area contributed by atoms with Gasteiger partial charge >= 0.3 is 0 Å². The summed E-state index contributed by atoms with van der Waals surface area (Å²) in [5.41, 5.74) is 15.2. The molecule has 2 aromatic heterocycles. The minimum Gasteiger partial charge on any atom is -0.455 e. The monoisotopic (exact) mass is 762 g/mol. The standard InChI is InChI=1S/C58H34O2/c1-2-12-35(13-3-1)39-14-4-5-15-41(39)42-29-24-36-27-33-48-43(30-25-37-26-32-47(42)55(36)56(37)48)52-34-38(40-18-10-20-50-45-16-6-8-22-53(45)59-57(40)50)28-31-44(52)49-19-11-21-51-46-17-7-9-23-54(46)60-58(49)51/h1-34H. The predicted octanol–water partition coefficient (Wildman–Crippen LogP) is 16.7. The predicted molar refractivity (Wildman–Crippen MR) is 252 cm³/mol. The van der Waals surface area contributed by atoms with Crippen molar-refractivity contribution in [3.63, 3.8) is 0 Å². The summed E-state index contributed by atoms with van der Waals surface area (Å²) >= 11 is 0. The molecule has 2 nitrogen and oxygen atoms in total. The molecule has 0 aliphatic heterocycles. The summed E-state index contributed by atoms with van der Waals surface area (Å²) in [5.74, 6) is 0. The number of benzene rings is 11. The number of hydrogen-bond donors (Lipinski definition) is 0. The molecule has 0 unspecified atom stereocenters. The normalized spacial score (nSPS) is 12.0. The molecule has 13 aromatic rings. The lowest BCUT2D eigenvalue weighted by Gasteiger charge is -2.19. The van der Waals surface area contributed by atoms with Crippen LogP contribution < -0.4 is 0 Å². The Bertz CT molecular complexity index is 3830. The Morgan fingerprint density at radius 1 is 0.233 bits per heavy atom. The van der Waals surface area contributed by atoms with Crippen molar-refractivity contribution in [2.45, 2.75) is 0 Å². The average Bonchev–Trinajstić information content (AvgIpc) is 3.90. The first-order valence-electron chi connectivity index (χ1n) is 20.6. The van der Waals surface area contributed by atoms with Gasteiger partial charge in [0.25, 0.3) is 0 Å². The van der Waals surface area contributed by atoms with E-state index >= 15 is 0 Å². The summed E-state index contributed by atoms with van der Waals surface area (Å²) in [6.07, 6.45) is 0. The fourth-order valence-electron chi connectivity index (χ4n) is 9.96. The highest BCUT2D eigenvalue weighted by molar-refractivity contribution is 6.28. The van der Waals surface area contributed by atoms with Crippen molar-refractivity contribution in [1.82, 2.24) is 0 Å². The van der Waals surface area contributed by atoms with Crippen molar-refractivity contribution in [3.8, 4) is 55.6 Å². The van der Waals surface area contributed by atoms with Crippen LogP contribution in [0.5, 0.6) is 0 Å². The van der Waals surface area contributed by atoms with E-state index in [-0.39, 0.29) is 0 Å². The first-order chi connectivity index (χ1) is 29.8. The summed E-state index contributed by atoms with van der Waals surface area (Å²) in [4.78, 5) is 0. The van der Waals surface area contributed by atoms with Crippen LogP contribution in [0.1, 0.15) is 0 Å². The third-order valence-corrected chi connectivity index (χ3v) is 12.7. The van der Waals surface area contributed by atoms with Crippen LogP contribution in [0.4, 0.5) is 0 Å². The van der Waals surface area contributed by atoms with E-state index in [1.807, 2.05) is 12.1 Å². The Balaban J connectivity index is 1.09. The zero-order valence-electron chi connectivity index (χ0n) is 32.4. The molecule has 0 radical (unpaired) electrons. The van der Waals surface area contributed by atoms with Gasteiger partial charge in [-0.2, -0.15) is 0 Å². The molecule has 0 saturated heterocycles. The van der Waals surface area contributed by atoms with Crippen molar-refractivity contribution < 1.29 is 8.83 Å². The highest BCUT2D eigenvalue weighted by Gasteiger charge is 2.22. The Hall–Kier alpha value is -7.94. The molecule has 2 heterocycles. The smallest absolute Gasteiger partial charge is 0.143 e. The number of para-hydroxylation sites is 4. The Labute approximate surface area is 345 Å². The molecule has 0 N–H and O–H groups in total. The van der Waals surface area contributed by atoms with Gasteiger partial charge in [0.1, 0.15) is 22.3 Å². The van der Waals surface area contributed by atoms with Crippen molar-refractivity contribution in [3.05, 3.63) is 206 Å². The molecule has 2 heteroatoms. The molecule has 278 valence electrons. The zero-order valence-corrected chi connectivity index (χ0v) is 32.4. The Morgan fingerprint density at radius 3 is 1.37 bits per heavy atom. The third kappa shape index (κ3) is 4.82. The highest BCUT2D eigenvalue weighted by Crippen LogP contribution is 2.48. The van der Waals surface area contributed by atoms with Gasteiger partial charge < -0.3 is 8.83 Å². The molecule has 0 aliphatic rings. The molecule has 0 amide bonds. The van der Waals surface area contributed by atoms with Gasteiger partial charge in [0.05, 0.1) is 0 Å². The lowest BCUT2D eigenvalue weighted by Crippen LogP contribution is -1.93. The van der Waals surface area contributed by atoms with Crippen molar-refractivity contribution >= 4 is 76.2 Å². The maximum Gasteiger partial charge on any atom is 0.143 e. The fraction of sp³-hybridized carbons (Fsp3) is 0. The lowest BCUT2D eigenvalue weighted by molar-refractivity contribution is 0.669. The van der Waals surface area contributed by atoms with Crippen LogP contribution in [-0.2, 0) is 0 Å². The number of furan rings is 2. The van der Waals surface area contributed by atoms with E-state index in [1.165, 1.54) is 60.1 Å². The minimum atomic E-state index is 0.891. The molecule has 13 rings (SSSR count). The third-order valence-electron chi connectivity index (χ3n) is 12.7. The van der Waals surface area contributed by atoms with E-state index in [0.29, 0.717) is 0 Å². The van der Waals surface area contributed by atoms with Crippen molar-refractivity contribution in [1.29, 1.82) is 0 Å². The molecule has 0 spiro atoms. The quantitative estimate of drug-likeness (QED) is 0.163. The zero-order chi connectivity index (χ0) is 39.3. The number of rotatable bonds is 5. The molecule has 0 saturated carbocycles. The maximum absolute atomic E-state index is 6.70. The first-order valence-corrected chi connectivity index (χ1v) is 20.6. The van der Waals surface area contributed by atoms with E-state index < -0.39 is 0 Å². The topological polar surface area (TPSA) is 26.3 Å². The second kappa shape index (κ2) is 12.8.